The van der Waals surface area contributed by atoms with Crippen LogP contribution >= 0.6 is 11.6 Å². The Morgan fingerprint density at radius 3 is 1.69 bits per heavy atom. The second kappa shape index (κ2) is 10.7. The van der Waals surface area contributed by atoms with Crippen molar-refractivity contribution < 1.29 is 0 Å². The highest BCUT2D eigenvalue weighted by Crippen LogP contribution is 2.70. The molecule has 0 radical (unpaired) electrons. The molecule has 0 saturated heterocycles. The van der Waals surface area contributed by atoms with E-state index in [0.717, 1.165) is 28.2 Å². The maximum absolute atomic E-state index is 7.84. The first-order valence-electron chi connectivity index (χ1n) is 19.1. The molecule has 6 aromatic carbocycles. The Labute approximate surface area is 306 Å². The zero-order chi connectivity index (χ0) is 34.1. The second-order valence-electron chi connectivity index (χ2n) is 16.7. The summed E-state index contributed by atoms with van der Waals surface area (Å²) < 4.78 is 0. The molecule has 1 nitrogen and oxygen atoms in total. The number of hydrogen-bond donors (Lipinski definition) is 0. The van der Waals surface area contributed by atoms with E-state index in [4.69, 9.17) is 11.6 Å². The van der Waals surface area contributed by atoms with Gasteiger partial charge in [-0.3, -0.25) is 0 Å². The lowest BCUT2D eigenvalue weighted by Gasteiger charge is -2.61. The maximum atomic E-state index is 7.84. The van der Waals surface area contributed by atoms with E-state index in [1.165, 1.54) is 87.9 Å². The van der Waals surface area contributed by atoms with Gasteiger partial charge in [-0.25, -0.2) is 0 Å². The molecule has 0 unspecified atom stereocenters. The SMILES string of the molecule is CC1(C)c2cc(-c3ccc4c(c3Cl)C3(c5ccccc5-4)C4CC5CC(C4)CC3C5)ccc2-c2ccc(N(c3ccccc3)c3ccccc3)cc21. The fourth-order valence-corrected chi connectivity index (χ4v) is 12.5. The standard InChI is InChI=1S/C49H42ClN/c1-48(2)44-28-32(17-19-40(44)41-20-18-37(29-45(41)48)51(35-11-5-3-6-12-35)36-13-7-4-8-14-36)38-21-22-42-39-15-9-10-16-43(39)49(46(42)47(38)50)33-24-30-23-31(26-33)27-34(49)25-30/h3-22,28-31,33-34H,23-27H2,1-2H3. The van der Waals surface area contributed by atoms with Gasteiger partial charge in [0.15, 0.2) is 0 Å². The van der Waals surface area contributed by atoms with Crippen LogP contribution in [0.15, 0.2) is 133 Å². The summed E-state index contributed by atoms with van der Waals surface area (Å²) in [6, 6.07) is 49.7. The Hall–Kier alpha value is -4.59. The van der Waals surface area contributed by atoms with Crippen molar-refractivity contribution in [2.75, 3.05) is 4.90 Å². The van der Waals surface area contributed by atoms with Crippen LogP contribution in [0, 0.1) is 23.7 Å². The third-order valence-electron chi connectivity index (χ3n) is 13.9. The fourth-order valence-electron chi connectivity index (χ4n) is 12.1. The lowest BCUT2D eigenvalue weighted by Crippen LogP contribution is -2.55. The van der Waals surface area contributed by atoms with Crippen molar-refractivity contribution >= 4 is 28.7 Å². The molecule has 6 aliphatic carbocycles. The topological polar surface area (TPSA) is 3.24 Å². The van der Waals surface area contributed by atoms with Crippen LogP contribution in [0.2, 0.25) is 5.02 Å². The van der Waals surface area contributed by atoms with Crippen LogP contribution in [0.3, 0.4) is 0 Å². The van der Waals surface area contributed by atoms with Crippen LogP contribution < -0.4 is 4.90 Å². The molecule has 6 aliphatic rings. The monoisotopic (exact) mass is 679 g/mol. The van der Waals surface area contributed by atoms with E-state index >= 15 is 0 Å². The fraction of sp³-hybridized carbons (Fsp3) is 0.265. The van der Waals surface area contributed by atoms with Crippen molar-refractivity contribution in [3.05, 3.63) is 161 Å². The minimum Gasteiger partial charge on any atom is -0.310 e. The first kappa shape index (κ1) is 30.1. The van der Waals surface area contributed by atoms with Gasteiger partial charge < -0.3 is 4.90 Å². The average Bonchev–Trinajstić information content (AvgIpc) is 3.58. The van der Waals surface area contributed by atoms with Crippen LogP contribution in [0.4, 0.5) is 17.1 Å². The normalized spacial score (nSPS) is 25.4. The minimum atomic E-state index is -0.169. The molecule has 12 rings (SSSR count). The van der Waals surface area contributed by atoms with Gasteiger partial charge in [0.05, 0.1) is 5.02 Å². The predicted octanol–water partition coefficient (Wildman–Crippen LogP) is 13.5. The number of fused-ring (bicyclic) bond motifs is 6. The molecule has 51 heavy (non-hydrogen) atoms. The Kier molecular flexibility index (Phi) is 6.32. The summed E-state index contributed by atoms with van der Waals surface area (Å²) in [7, 11) is 0. The van der Waals surface area contributed by atoms with Gasteiger partial charge in [-0.15, -0.1) is 0 Å². The number of rotatable bonds is 4. The van der Waals surface area contributed by atoms with Crippen LogP contribution in [-0.2, 0) is 10.8 Å². The molecule has 2 heteroatoms. The molecule has 0 atom stereocenters. The largest absolute Gasteiger partial charge is 0.310 e. The summed E-state index contributed by atoms with van der Waals surface area (Å²) in [4.78, 5) is 2.37. The van der Waals surface area contributed by atoms with Gasteiger partial charge in [-0.05, 0) is 148 Å². The predicted molar refractivity (Wildman–Crippen MR) is 212 cm³/mol. The zero-order valence-corrected chi connectivity index (χ0v) is 30.1. The van der Waals surface area contributed by atoms with Gasteiger partial charge in [-0.2, -0.15) is 0 Å². The number of nitrogens with zero attached hydrogens (tertiary/aromatic N) is 1. The number of halogens is 1. The molecule has 0 aliphatic heterocycles. The number of hydrogen-bond acceptors (Lipinski definition) is 1. The van der Waals surface area contributed by atoms with Gasteiger partial charge in [-0.1, -0.05) is 116 Å². The van der Waals surface area contributed by atoms with Crippen molar-refractivity contribution in [1.29, 1.82) is 0 Å². The molecular weight excluding hydrogens is 638 g/mol. The highest BCUT2D eigenvalue weighted by molar-refractivity contribution is 6.35. The van der Waals surface area contributed by atoms with Gasteiger partial charge >= 0.3 is 0 Å². The third kappa shape index (κ3) is 4.05. The van der Waals surface area contributed by atoms with E-state index in [9.17, 15) is 0 Å². The molecule has 4 fully saturated rings. The summed E-state index contributed by atoms with van der Waals surface area (Å²) >= 11 is 7.84. The van der Waals surface area contributed by atoms with Crippen LogP contribution in [0.5, 0.6) is 0 Å². The summed E-state index contributed by atoms with van der Waals surface area (Å²) in [5.41, 5.74) is 17.0. The lowest BCUT2D eigenvalue weighted by molar-refractivity contribution is -0.0398. The Bertz CT molecular complexity index is 2300. The number of anilines is 3. The highest BCUT2D eigenvalue weighted by Gasteiger charge is 2.62. The van der Waals surface area contributed by atoms with Crippen LogP contribution in [-0.4, -0.2) is 0 Å². The molecular formula is C49H42ClN. The van der Waals surface area contributed by atoms with Gasteiger partial charge in [0.25, 0.3) is 0 Å². The smallest absolute Gasteiger partial charge is 0.0531 e. The molecule has 0 heterocycles. The highest BCUT2D eigenvalue weighted by atomic mass is 35.5. The van der Waals surface area contributed by atoms with Gasteiger partial charge in [0.1, 0.15) is 0 Å². The first-order valence-corrected chi connectivity index (χ1v) is 19.4. The van der Waals surface area contributed by atoms with E-state index < -0.39 is 0 Å². The molecule has 0 amide bonds. The molecule has 1 spiro atoms. The van der Waals surface area contributed by atoms with E-state index in [2.05, 4.69) is 152 Å². The molecule has 6 aromatic rings. The summed E-state index contributed by atoms with van der Waals surface area (Å²) in [5.74, 6) is 3.20. The van der Waals surface area contributed by atoms with Crippen molar-refractivity contribution in [3.8, 4) is 33.4 Å². The Morgan fingerprint density at radius 2 is 1.02 bits per heavy atom. The van der Waals surface area contributed by atoms with E-state index in [-0.39, 0.29) is 10.8 Å². The molecule has 4 bridgehead atoms. The number of para-hydroxylation sites is 2. The Balaban J connectivity index is 1.03. The lowest BCUT2D eigenvalue weighted by atomic mass is 9.43. The van der Waals surface area contributed by atoms with Crippen molar-refractivity contribution in [1.82, 2.24) is 0 Å². The van der Waals surface area contributed by atoms with E-state index in [0.29, 0.717) is 11.8 Å². The van der Waals surface area contributed by atoms with Crippen molar-refractivity contribution in [3.63, 3.8) is 0 Å². The first-order chi connectivity index (χ1) is 24.9. The summed E-state index contributed by atoms with van der Waals surface area (Å²) in [6.45, 7) is 4.79. The molecule has 0 N–H and O–H groups in total. The quantitative estimate of drug-likeness (QED) is 0.179. The zero-order valence-electron chi connectivity index (χ0n) is 29.4. The second-order valence-corrected chi connectivity index (χ2v) is 17.1. The van der Waals surface area contributed by atoms with E-state index in [1.807, 2.05) is 0 Å². The molecule has 0 aromatic heterocycles. The van der Waals surface area contributed by atoms with Gasteiger partial charge in [0, 0.05) is 33.5 Å². The molecule has 250 valence electrons. The molecule has 4 saturated carbocycles. The summed E-state index contributed by atoms with van der Waals surface area (Å²) in [5, 5.41) is 0.994. The van der Waals surface area contributed by atoms with Gasteiger partial charge in [0.2, 0.25) is 0 Å². The van der Waals surface area contributed by atoms with Crippen LogP contribution in [0.25, 0.3) is 33.4 Å². The van der Waals surface area contributed by atoms with Crippen LogP contribution in [0.1, 0.15) is 68.2 Å². The maximum Gasteiger partial charge on any atom is 0.0531 e. The van der Waals surface area contributed by atoms with Crippen molar-refractivity contribution in [2.45, 2.75) is 56.8 Å². The Morgan fingerprint density at radius 1 is 0.490 bits per heavy atom. The minimum absolute atomic E-state index is 0.0540. The van der Waals surface area contributed by atoms with Crippen molar-refractivity contribution in [2.24, 2.45) is 23.7 Å². The third-order valence-corrected chi connectivity index (χ3v) is 14.3. The average molecular weight is 680 g/mol. The van der Waals surface area contributed by atoms with E-state index in [1.54, 1.807) is 5.56 Å². The number of benzene rings is 6. The summed E-state index contributed by atoms with van der Waals surface area (Å²) in [6.07, 6.45) is 6.90.